The summed E-state index contributed by atoms with van der Waals surface area (Å²) in [5.41, 5.74) is 0. The zero-order valence-corrected chi connectivity index (χ0v) is 11.4. The van der Waals surface area contributed by atoms with Crippen LogP contribution in [0.5, 0.6) is 0 Å². The van der Waals surface area contributed by atoms with Gasteiger partial charge in [-0.05, 0) is 33.5 Å². The molecule has 0 saturated carbocycles. The molecule has 0 aliphatic rings. The van der Waals surface area contributed by atoms with Crippen molar-refractivity contribution in [2.24, 2.45) is 0 Å². The van der Waals surface area contributed by atoms with E-state index >= 15 is 0 Å². The van der Waals surface area contributed by atoms with Crippen LogP contribution in [0.15, 0.2) is 0 Å². The summed E-state index contributed by atoms with van der Waals surface area (Å²) in [6.07, 6.45) is 0. The van der Waals surface area contributed by atoms with Crippen LogP contribution in [0.2, 0.25) is 19.6 Å². The first kappa shape index (κ1) is 13.8. The lowest BCUT2D eigenvalue weighted by molar-refractivity contribution is -0.142. The van der Waals surface area contributed by atoms with E-state index in [2.05, 4.69) is 4.74 Å². The molecule has 0 aliphatic carbocycles. The predicted molar refractivity (Wildman–Crippen MR) is 58.7 cm³/mol. The van der Waals surface area contributed by atoms with E-state index in [1.165, 1.54) is 7.11 Å². The molecule has 1 atom stereocenters. The fraction of sp³-hybridized carbons (Fsp3) is 0.875. The van der Waals surface area contributed by atoms with Crippen LogP contribution in [0.4, 0.5) is 0 Å². The van der Waals surface area contributed by atoms with E-state index in [1.807, 2.05) is 19.6 Å². The minimum Gasteiger partial charge on any atom is -0.468 e. The number of esters is 1. The third-order valence-electron chi connectivity index (χ3n) is 1.42. The maximum atomic E-state index is 11.7. The van der Waals surface area contributed by atoms with Gasteiger partial charge in [0.1, 0.15) is 0 Å². The molecule has 0 radical (unpaired) electrons. The van der Waals surface area contributed by atoms with E-state index in [0.29, 0.717) is 0 Å². The van der Waals surface area contributed by atoms with E-state index in [-0.39, 0.29) is 0 Å². The molecule has 0 amide bonds. The molecule has 0 saturated heterocycles. The summed E-state index contributed by atoms with van der Waals surface area (Å²) in [6.45, 7) is 8.85. The summed E-state index contributed by atoms with van der Waals surface area (Å²) in [6, 6.07) is 0. The van der Waals surface area contributed by atoms with Gasteiger partial charge < -0.3 is 8.61 Å². The molecule has 0 aromatic heterocycles. The van der Waals surface area contributed by atoms with Crippen LogP contribution in [-0.4, -0.2) is 30.4 Å². The Morgan fingerprint density at radius 1 is 1.29 bits per heavy atom. The van der Waals surface area contributed by atoms with Crippen molar-refractivity contribution in [1.82, 2.24) is 0 Å². The Balaban J connectivity index is 4.60. The quantitative estimate of drug-likeness (QED) is 0.549. The van der Waals surface area contributed by atoms with Crippen molar-refractivity contribution >= 4 is 25.4 Å². The summed E-state index contributed by atoms with van der Waals surface area (Å²) in [4.78, 5) is 11.3. The van der Waals surface area contributed by atoms with Crippen LogP contribution >= 0.6 is 0 Å². The van der Waals surface area contributed by atoms with Crippen LogP contribution in [0.25, 0.3) is 0 Å². The lowest BCUT2D eigenvalue weighted by Gasteiger charge is -2.24. The Morgan fingerprint density at radius 2 is 1.71 bits per heavy atom. The van der Waals surface area contributed by atoms with E-state index in [0.717, 1.165) is 0 Å². The second kappa shape index (κ2) is 4.54. The lowest BCUT2D eigenvalue weighted by Crippen LogP contribution is -2.42. The molecule has 0 aliphatic heterocycles. The second-order valence-corrected chi connectivity index (χ2v) is 10.8. The molecule has 1 unspecified atom stereocenters. The molecular formula is C8H18O4SSi. The number of rotatable bonds is 4. The molecular weight excluding hydrogens is 220 g/mol. The highest BCUT2D eigenvalue weighted by Gasteiger charge is 2.39. The van der Waals surface area contributed by atoms with Crippen molar-refractivity contribution in [2.45, 2.75) is 38.2 Å². The summed E-state index contributed by atoms with van der Waals surface area (Å²) < 4.78 is 20.5. The van der Waals surface area contributed by atoms with E-state index in [4.69, 9.17) is 3.87 Å². The zero-order chi connectivity index (χ0) is 11.6. The molecule has 0 aromatic rings. The van der Waals surface area contributed by atoms with Gasteiger partial charge in [-0.25, -0.2) is 4.21 Å². The number of ether oxygens (including phenoxy) is 1. The highest BCUT2D eigenvalue weighted by atomic mass is 32.2. The van der Waals surface area contributed by atoms with Gasteiger partial charge in [0.05, 0.1) is 7.11 Å². The molecule has 0 heterocycles. The molecule has 14 heavy (non-hydrogen) atoms. The summed E-state index contributed by atoms with van der Waals surface area (Å²) in [7, 11) is -0.623. The minimum absolute atomic E-state index is 0.519. The summed E-state index contributed by atoms with van der Waals surface area (Å²) in [5.74, 6) is -0.519. The van der Waals surface area contributed by atoms with Crippen LogP contribution in [0, 0.1) is 0 Å². The highest BCUT2D eigenvalue weighted by molar-refractivity contribution is 7.83. The van der Waals surface area contributed by atoms with Gasteiger partial charge in [0.25, 0.3) is 0 Å². The van der Waals surface area contributed by atoms with Crippen molar-refractivity contribution in [1.29, 1.82) is 0 Å². The first-order chi connectivity index (χ1) is 6.11. The summed E-state index contributed by atoms with van der Waals surface area (Å²) in [5, 5.41) is 0. The Hall–Kier alpha value is -0.203. The number of hydrogen-bond acceptors (Lipinski definition) is 4. The average Bonchev–Trinajstić information content (AvgIpc) is 1.99. The van der Waals surface area contributed by atoms with Crippen molar-refractivity contribution in [3.8, 4) is 0 Å². The number of carbonyl (C=O) groups excluding carboxylic acids is 1. The van der Waals surface area contributed by atoms with Crippen molar-refractivity contribution in [2.75, 3.05) is 7.11 Å². The van der Waals surface area contributed by atoms with Gasteiger partial charge in [0.15, 0.2) is 15.8 Å². The molecule has 0 N–H and O–H groups in total. The van der Waals surface area contributed by atoms with Crippen LogP contribution in [0.1, 0.15) is 13.8 Å². The Bertz CT molecular complexity index is 244. The molecule has 4 nitrogen and oxygen atoms in total. The molecule has 84 valence electrons. The molecule has 0 spiro atoms. The Morgan fingerprint density at radius 3 is 2.00 bits per heavy atom. The van der Waals surface area contributed by atoms with Gasteiger partial charge in [-0.15, -0.1) is 0 Å². The third kappa shape index (κ3) is 3.89. The fourth-order valence-electron chi connectivity index (χ4n) is 0.645. The number of methoxy groups -OCH3 is 1. The smallest absolute Gasteiger partial charge is 0.326 e. The first-order valence-corrected chi connectivity index (χ1v) is 8.79. The molecule has 0 bridgehead atoms. The molecule has 6 heteroatoms. The van der Waals surface area contributed by atoms with Gasteiger partial charge in [-0.1, -0.05) is 0 Å². The van der Waals surface area contributed by atoms with Gasteiger partial charge in [-0.3, -0.25) is 4.79 Å². The van der Waals surface area contributed by atoms with Crippen LogP contribution in [-0.2, 0) is 24.5 Å². The SMILES string of the molecule is COC(=O)C(C)(C)S(=O)O[Si](C)(C)C. The van der Waals surface area contributed by atoms with Gasteiger partial charge >= 0.3 is 5.97 Å². The van der Waals surface area contributed by atoms with E-state index < -0.39 is 30.1 Å². The largest absolute Gasteiger partial charge is 0.468 e. The number of hydrogen-bond donors (Lipinski definition) is 0. The van der Waals surface area contributed by atoms with Gasteiger partial charge in [-0.2, -0.15) is 0 Å². The fourth-order valence-corrected chi connectivity index (χ4v) is 3.51. The van der Waals surface area contributed by atoms with Crippen molar-refractivity contribution in [3.05, 3.63) is 0 Å². The molecule has 0 rings (SSSR count). The maximum Gasteiger partial charge on any atom is 0.326 e. The second-order valence-electron chi connectivity index (χ2n) is 4.43. The monoisotopic (exact) mass is 238 g/mol. The molecule has 0 fully saturated rings. The third-order valence-corrected chi connectivity index (χ3v) is 5.02. The summed E-state index contributed by atoms with van der Waals surface area (Å²) >= 11 is -1.64. The van der Waals surface area contributed by atoms with Gasteiger partial charge in [0.2, 0.25) is 8.32 Å². The normalized spacial score (nSPS) is 15.0. The maximum absolute atomic E-state index is 11.7. The molecule has 0 aromatic carbocycles. The van der Waals surface area contributed by atoms with Crippen molar-refractivity contribution < 1.29 is 17.6 Å². The Labute approximate surface area is 88.8 Å². The van der Waals surface area contributed by atoms with E-state index in [9.17, 15) is 9.00 Å². The predicted octanol–water partition coefficient (Wildman–Crippen LogP) is 1.45. The van der Waals surface area contributed by atoms with Crippen molar-refractivity contribution in [3.63, 3.8) is 0 Å². The van der Waals surface area contributed by atoms with Gasteiger partial charge in [0, 0.05) is 0 Å². The van der Waals surface area contributed by atoms with E-state index in [1.54, 1.807) is 13.8 Å². The lowest BCUT2D eigenvalue weighted by atomic mass is 10.2. The standard InChI is InChI=1S/C8H18O4SSi/c1-8(2,7(9)11-3)13(10)12-14(4,5)6/h1-6H3. The Kier molecular flexibility index (Phi) is 4.48. The topological polar surface area (TPSA) is 52.6 Å². The highest BCUT2D eigenvalue weighted by Crippen LogP contribution is 2.19. The first-order valence-electron chi connectivity index (χ1n) is 4.31. The van der Waals surface area contributed by atoms with Crippen LogP contribution in [0.3, 0.4) is 0 Å². The minimum atomic E-state index is -1.90. The zero-order valence-electron chi connectivity index (χ0n) is 9.54. The average molecular weight is 238 g/mol. The van der Waals surface area contributed by atoms with Crippen LogP contribution < -0.4 is 0 Å². The number of carbonyl (C=O) groups is 1.